The number of anilines is 1. The number of carbonyl (C=O) groups excluding carboxylic acids is 1. The molecule has 2 aromatic carbocycles. The van der Waals surface area contributed by atoms with E-state index in [1.54, 1.807) is 0 Å². The number of piperidine rings is 1. The molecule has 4 heteroatoms. The number of ether oxygens (including phenoxy) is 1. The van der Waals surface area contributed by atoms with E-state index in [2.05, 4.69) is 22.3 Å². The van der Waals surface area contributed by atoms with Gasteiger partial charge in [0.05, 0.1) is 0 Å². The van der Waals surface area contributed by atoms with E-state index >= 15 is 0 Å². The molecule has 1 saturated heterocycles. The summed E-state index contributed by atoms with van der Waals surface area (Å²) >= 11 is 0. The van der Waals surface area contributed by atoms with Gasteiger partial charge in [0, 0.05) is 12.2 Å². The van der Waals surface area contributed by atoms with Gasteiger partial charge in [-0.05, 0) is 55.8 Å². The van der Waals surface area contributed by atoms with Crippen molar-refractivity contribution in [1.82, 2.24) is 4.90 Å². The quantitative estimate of drug-likeness (QED) is 0.881. The molecule has 0 atom stereocenters. The van der Waals surface area contributed by atoms with Crippen LogP contribution in [0, 0.1) is 0 Å². The fraction of sp³-hybridized carbons (Fsp3) is 0.350. The summed E-state index contributed by atoms with van der Waals surface area (Å²) in [7, 11) is 0. The molecule has 0 bridgehead atoms. The molecule has 3 rings (SSSR count). The van der Waals surface area contributed by atoms with E-state index in [-0.39, 0.29) is 12.5 Å². The molecule has 4 nitrogen and oxygen atoms in total. The minimum atomic E-state index is -0.144. The highest BCUT2D eigenvalue weighted by Gasteiger charge is 2.11. The van der Waals surface area contributed by atoms with Gasteiger partial charge in [-0.3, -0.25) is 9.69 Å². The lowest BCUT2D eigenvalue weighted by Crippen LogP contribution is -2.29. The van der Waals surface area contributed by atoms with Crippen molar-refractivity contribution < 1.29 is 9.53 Å². The molecule has 1 N–H and O–H groups in total. The van der Waals surface area contributed by atoms with Crippen LogP contribution in [0.5, 0.6) is 5.75 Å². The third-order valence-corrected chi connectivity index (χ3v) is 4.18. The lowest BCUT2D eigenvalue weighted by atomic mass is 10.1. The highest BCUT2D eigenvalue weighted by atomic mass is 16.5. The fourth-order valence-corrected chi connectivity index (χ4v) is 2.99. The summed E-state index contributed by atoms with van der Waals surface area (Å²) in [6.07, 6.45) is 3.91. The van der Waals surface area contributed by atoms with Crippen molar-refractivity contribution >= 4 is 11.6 Å². The molecule has 2 aromatic rings. The van der Waals surface area contributed by atoms with Gasteiger partial charge in [0.15, 0.2) is 6.61 Å². The average Bonchev–Trinajstić information content (AvgIpc) is 2.62. The maximum Gasteiger partial charge on any atom is 0.262 e. The third kappa shape index (κ3) is 5.10. The summed E-state index contributed by atoms with van der Waals surface area (Å²) in [5.41, 5.74) is 2.06. The second-order valence-electron chi connectivity index (χ2n) is 6.19. The van der Waals surface area contributed by atoms with Crippen LogP contribution in [0.3, 0.4) is 0 Å². The lowest BCUT2D eigenvalue weighted by molar-refractivity contribution is -0.118. The van der Waals surface area contributed by atoms with Crippen molar-refractivity contribution in [1.29, 1.82) is 0 Å². The Kier molecular flexibility index (Phi) is 5.85. The first-order valence-corrected chi connectivity index (χ1v) is 8.58. The van der Waals surface area contributed by atoms with Gasteiger partial charge in [0.1, 0.15) is 5.75 Å². The molecular formula is C20H24N2O2. The predicted molar refractivity (Wildman–Crippen MR) is 96.1 cm³/mol. The number of benzene rings is 2. The smallest absolute Gasteiger partial charge is 0.262 e. The van der Waals surface area contributed by atoms with Crippen LogP contribution in [-0.2, 0) is 11.3 Å². The number of hydrogen-bond donors (Lipinski definition) is 1. The van der Waals surface area contributed by atoms with Gasteiger partial charge in [0.2, 0.25) is 0 Å². The minimum absolute atomic E-state index is 0.0143. The summed E-state index contributed by atoms with van der Waals surface area (Å²) in [5, 5.41) is 2.91. The van der Waals surface area contributed by atoms with E-state index in [9.17, 15) is 4.79 Å². The molecule has 1 heterocycles. The summed E-state index contributed by atoms with van der Waals surface area (Å²) in [4.78, 5) is 14.5. The van der Waals surface area contributed by atoms with E-state index in [4.69, 9.17) is 4.74 Å². The SMILES string of the molecule is O=C(COc1ccccc1)Nc1cccc(CN2CCCCC2)c1. The zero-order valence-electron chi connectivity index (χ0n) is 13.9. The molecule has 0 saturated carbocycles. The van der Waals surface area contributed by atoms with Crippen LogP contribution in [-0.4, -0.2) is 30.5 Å². The van der Waals surface area contributed by atoms with Crippen LogP contribution in [0.25, 0.3) is 0 Å². The molecule has 126 valence electrons. The van der Waals surface area contributed by atoms with Crippen molar-refractivity contribution in [2.24, 2.45) is 0 Å². The second-order valence-corrected chi connectivity index (χ2v) is 6.19. The van der Waals surface area contributed by atoms with Gasteiger partial charge in [0.25, 0.3) is 5.91 Å². The van der Waals surface area contributed by atoms with E-state index in [0.29, 0.717) is 5.75 Å². The zero-order chi connectivity index (χ0) is 16.6. The molecule has 0 aromatic heterocycles. The molecular weight excluding hydrogens is 300 g/mol. The second kappa shape index (κ2) is 8.50. The Labute approximate surface area is 143 Å². The van der Waals surface area contributed by atoms with Gasteiger partial charge < -0.3 is 10.1 Å². The van der Waals surface area contributed by atoms with Gasteiger partial charge in [-0.2, -0.15) is 0 Å². The third-order valence-electron chi connectivity index (χ3n) is 4.18. The van der Waals surface area contributed by atoms with Crippen molar-refractivity contribution in [2.75, 3.05) is 25.0 Å². The maximum atomic E-state index is 12.0. The van der Waals surface area contributed by atoms with Crippen LogP contribution < -0.4 is 10.1 Å². The van der Waals surface area contributed by atoms with Crippen molar-refractivity contribution in [3.8, 4) is 5.75 Å². The van der Waals surface area contributed by atoms with Crippen LogP contribution in [0.15, 0.2) is 54.6 Å². The standard InChI is InChI=1S/C20H24N2O2/c23-20(16-24-19-10-3-1-4-11-19)21-18-9-7-8-17(14-18)15-22-12-5-2-6-13-22/h1,3-4,7-11,14H,2,5-6,12-13,15-16H2,(H,21,23). The molecule has 1 amide bonds. The number of carbonyl (C=O) groups is 1. The summed E-state index contributed by atoms with van der Waals surface area (Å²) < 4.78 is 5.47. The predicted octanol–water partition coefficient (Wildman–Crippen LogP) is 3.69. The molecule has 1 fully saturated rings. The number of amides is 1. The molecule has 0 aliphatic carbocycles. The van der Waals surface area contributed by atoms with Gasteiger partial charge >= 0.3 is 0 Å². The van der Waals surface area contributed by atoms with E-state index < -0.39 is 0 Å². The summed E-state index contributed by atoms with van der Waals surface area (Å²) in [5.74, 6) is 0.556. The molecule has 0 radical (unpaired) electrons. The molecule has 24 heavy (non-hydrogen) atoms. The van der Waals surface area contributed by atoms with Gasteiger partial charge in [-0.1, -0.05) is 36.8 Å². The monoisotopic (exact) mass is 324 g/mol. The lowest BCUT2D eigenvalue weighted by Gasteiger charge is -2.26. The number of hydrogen-bond acceptors (Lipinski definition) is 3. The minimum Gasteiger partial charge on any atom is -0.484 e. The van der Waals surface area contributed by atoms with Gasteiger partial charge in [-0.15, -0.1) is 0 Å². The Bertz CT molecular complexity index is 652. The Morgan fingerprint density at radius 2 is 1.79 bits per heavy atom. The first kappa shape index (κ1) is 16.5. The molecule has 0 unspecified atom stereocenters. The van der Waals surface area contributed by atoms with Crippen LogP contribution in [0.2, 0.25) is 0 Å². The number of rotatable bonds is 6. The molecule has 0 spiro atoms. The Hall–Kier alpha value is -2.33. The van der Waals surface area contributed by atoms with Crippen LogP contribution in [0.4, 0.5) is 5.69 Å². The first-order valence-electron chi connectivity index (χ1n) is 8.58. The topological polar surface area (TPSA) is 41.6 Å². The van der Waals surface area contributed by atoms with E-state index in [0.717, 1.165) is 12.2 Å². The van der Waals surface area contributed by atoms with Gasteiger partial charge in [-0.25, -0.2) is 0 Å². The maximum absolute atomic E-state index is 12.0. The normalized spacial score (nSPS) is 15.0. The highest BCUT2D eigenvalue weighted by Crippen LogP contribution is 2.16. The molecule has 1 aliphatic rings. The Balaban J connectivity index is 1.51. The van der Waals surface area contributed by atoms with E-state index in [1.165, 1.54) is 37.9 Å². The average molecular weight is 324 g/mol. The molecule has 1 aliphatic heterocycles. The zero-order valence-corrected chi connectivity index (χ0v) is 13.9. The largest absolute Gasteiger partial charge is 0.484 e. The Morgan fingerprint density at radius 3 is 2.58 bits per heavy atom. The fourth-order valence-electron chi connectivity index (χ4n) is 2.99. The number of nitrogens with zero attached hydrogens (tertiary/aromatic N) is 1. The Morgan fingerprint density at radius 1 is 1.00 bits per heavy atom. The summed E-state index contributed by atoms with van der Waals surface area (Å²) in [6, 6.07) is 17.4. The number of likely N-dealkylation sites (tertiary alicyclic amines) is 1. The van der Waals surface area contributed by atoms with Crippen LogP contribution >= 0.6 is 0 Å². The van der Waals surface area contributed by atoms with Crippen molar-refractivity contribution in [3.05, 3.63) is 60.2 Å². The number of nitrogens with one attached hydrogen (secondary N) is 1. The van der Waals surface area contributed by atoms with E-state index in [1.807, 2.05) is 42.5 Å². The van der Waals surface area contributed by atoms with Crippen molar-refractivity contribution in [3.63, 3.8) is 0 Å². The highest BCUT2D eigenvalue weighted by molar-refractivity contribution is 5.91. The first-order chi connectivity index (χ1) is 11.8. The van der Waals surface area contributed by atoms with Crippen molar-refractivity contribution in [2.45, 2.75) is 25.8 Å². The summed E-state index contributed by atoms with van der Waals surface area (Å²) in [6.45, 7) is 3.30. The number of para-hydroxylation sites is 1. The van der Waals surface area contributed by atoms with Crippen LogP contribution in [0.1, 0.15) is 24.8 Å².